The van der Waals surface area contributed by atoms with Crippen molar-refractivity contribution in [3.8, 4) is 5.75 Å². The molecule has 0 unspecified atom stereocenters. The molecule has 3 N–H and O–H groups in total. The number of halogens is 2. The van der Waals surface area contributed by atoms with E-state index in [1.807, 2.05) is 0 Å². The van der Waals surface area contributed by atoms with E-state index >= 15 is 0 Å². The fourth-order valence-electron chi connectivity index (χ4n) is 2.10. The highest BCUT2D eigenvalue weighted by atomic mass is 19.1. The average molecular weight is 335 g/mol. The van der Waals surface area contributed by atoms with Crippen LogP contribution in [0.3, 0.4) is 0 Å². The van der Waals surface area contributed by atoms with Gasteiger partial charge < -0.3 is 15.5 Å². The number of Topliss-reactive ketones (excluding diaryl/α,β-unsaturated/α-hetero) is 1. The third-order valence-corrected chi connectivity index (χ3v) is 3.44. The minimum Gasteiger partial charge on any atom is -0.508 e. The lowest BCUT2D eigenvalue weighted by molar-refractivity contribution is -0.118. The number of amides is 1. The highest BCUT2D eigenvalue weighted by molar-refractivity contribution is 6.42. The lowest BCUT2D eigenvalue weighted by Crippen LogP contribution is -2.42. The molecule has 2 aromatic rings. The van der Waals surface area contributed by atoms with Gasteiger partial charge in [0.05, 0.1) is 6.54 Å². The van der Waals surface area contributed by atoms with Crippen LogP contribution in [0, 0.1) is 11.6 Å². The second kappa shape index (κ2) is 6.76. The van der Waals surface area contributed by atoms with Crippen molar-refractivity contribution < 1.29 is 28.6 Å². The molecule has 0 saturated carbocycles. The van der Waals surface area contributed by atoms with Gasteiger partial charge in [0.25, 0.3) is 5.91 Å². The summed E-state index contributed by atoms with van der Waals surface area (Å²) in [6.45, 7) is 0.785. The van der Waals surface area contributed by atoms with E-state index < -0.39 is 35.5 Å². The summed E-state index contributed by atoms with van der Waals surface area (Å²) in [6.07, 6.45) is 0. The molecule has 0 bridgehead atoms. The number of hydrogen-bond donors (Lipinski definition) is 3. The molecule has 0 radical (unpaired) electrons. The first kappa shape index (κ1) is 17.6. The number of phenols is 1. The Balaban J connectivity index is 2.06. The summed E-state index contributed by atoms with van der Waals surface area (Å²) >= 11 is 0. The van der Waals surface area contributed by atoms with Crippen LogP contribution in [0.5, 0.6) is 5.75 Å². The number of hydrogen-bond acceptors (Lipinski definition) is 4. The molecule has 126 valence electrons. The van der Waals surface area contributed by atoms with Gasteiger partial charge in [0.2, 0.25) is 5.78 Å². The van der Waals surface area contributed by atoms with Crippen molar-refractivity contribution >= 4 is 11.7 Å². The molecular formula is C17H15F2NO4. The molecular weight excluding hydrogens is 320 g/mol. The summed E-state index contributed by atoms with van der Waals surface area (Å²) in [7, 11) is 0. The third kappa shape index (κ3) is 3.94. The van der Waals surface area contributed by atoms with Crippen LogP contribution in [0.25, 0.3) is 0 Å². The van der Waals surface area contributed by atoms with Gasteiger partial charge in [-0.15, -0.1) is 0 Å². The summed E-state index contributed by atoms with van der Waals surface area (Å²) in [5.74, 6) is -3.67. The fraction of sp³-hybridized carbons (Fsp3) is 0.176. The Morgan fingerprint density at radius 2 is 1.75 bits per heavy atom. The number of aromatic hydroxyl groups is 1. The first-order valence-electron chi connectivity index (χ1n) is 7.00. The number of phenolic OH excluding ortho intramolecular Hbond substituents is 1. The number of benzene rings is 2. The minimum atomic E-state index is -1.83. The van der Waals surface area contributed by atoms with Crippen molar-refractivity contribution in [1.82, 2.24) is 5.32 Å². The highest BCUT2D eigenvalue weighted by Gasteiger charge is 2.28. The Kier molecular flexibility index (Phi) is 4.94. The lowest BCUT2D eigenvalue weighted by Gasteiger charge is -2.24. The van der Waals surface area contributed by atoms with Crippen LogP contribution in [0.4, 0.5) is 8.78 Å². The van der Waals surface area contributed by atoms with Gasteiger partial charge in [0.15, 0.2) is 0 Å². The van der Waals surface area contributed by atoms with Crippen LogP contribution in [-0.4, -0.2) is 28.4 Å². The third-order valence-electron chi connectivity index (χ3n) is 3.44. The van der Waals surface area contributed by atoms with E-state index in [2.05, 4.69) is 5.32 Å². The van der Waals surface area contributed by atoms with E-state index in [1.165, 1.54) is 31.2 Å². The maximum absolute atomic E-state index is 13.7. The molecule has 0 fully saturated rings. The minimum absolute atomic E-state index is 0.0536. The van der Waals surface area contributed by atoms with E-state index in [0.717, 1.165) is 12.1 Å². The second-order valence-corrected chi connectivity index (χ2v) is 5.46. The molecule has 0 aliphatic carbocycles. The van der Waals surface area contributed by atoms with Crippen LogP contribution in [0.2, 0.25) is 0 Å². The molecule has 1 amide bonds. The van der Waals surface area contributed by atoms with Crippen molar-refractivity contribution in [2.24, 2.45) is 0 Å². The Morgan fingerprint density at radius 1 is 1.12 bits per heavy atom. The Morgan fingerprint density at radius 3 is 2.33 bits per heavy atom. The Labute approximate surface area is 136 Å². The van der Waals surface area contributed by atoms with Gasteiger partial charge in [-0.2, -0.15) is 0 Å². The van der Waals surface area contributed by atoms with Crippen LogP contribution in [-0.2, 0) is 10.4 Å². The van der Waals surface area contributed by atoms with E-state index in [1.54, 1.807) is 0 Å². The van der Waals surface area contributed by atoms with Crippen LogP contribution in [0.1, 0.15) is 22.8 Å². The van der Waals surface area contributed by atoms with Crippen molar-refractivity contribution in [2.75, 3.05) is 6.54 Å². The molecule has 0 aliphatic rings. The van der Waals surface area contributed by atoms with Crippen molar-refractivity contribution in [3.05, 3.63) is 65.2 Å². The zero-order valence-electron chi connectivity index (χ0n) is 12.7. The largest absolute Gasteiger partial charge is 0.508 e. The van der Waals surface area contributed by atoms with E-state index in [9.17, 15) is 23.5 Å². The van der Waals surface area contributed by atoms with Gasteiger partial charge in [-0.05, 0) is 37.3 Å². The number of carbonyl (C=O) groups is 2. The maximum Gasteiger partial charge on any atom is 0.292 e. The Bertz CT molecular complexity index is 773. The normalized spacial score (nSPS) is 13.2. The number of nitrogens with one attached hydrogen (secondary N) is 1. The molecule has 24 heavy (non-hydrogen) atoms. The predicted molar refractivity (Wildman–Crippen MR) is 81.4 cm³/mol. The smallest absolute Gasteiger partial charge is 0.292 e. The molecule has 0 saturated heterocycles. The summed E-state index contributed by atoms with van der Waals surface area (Å²) < 4.78 is 26.6. The van der Waals surface area contributed by atoms with Gasteiger partial charge >= 0.3 is 0 Å². The van der Waals surface area contributed by atoms with E-state index in [4.69, 9.17) is 5.11 Å². The summed E-state index contributed by atoms with van der Waals surface area (Å²) in [5, 5.41) is 21.6. The molecule has 2 rings (SSSR count). The zero-order chi connectivity index (χ0) is 17.9. The van der Waals surface area contributed by atoms with Crippen LogP contribution < -0.4 is 5.32 Å². The zero-order valence-corrected chi connectivity index (χ0v) is 12.7. The first-order valence-corrected chi connectivity index (χ1v) is 7.00. The first-order chi connectivity index (χ1) is 11.2. The SMILES string of the molecule is C[C@@](O)(CNC(=O)C(=O)c1ccc(O)cc1)c1ccc(F)cc1F. The fourth-order valence-corrected chi connectivity index (χ4v) is 2.10. The molecule has 5 nitrogen and oxygen atoms in total. The molecule has 1 atom stereocenters. The molecule has 7 heteroatoms. The molecule has 0 aliphatic heterocycles. The van der Waals surface area contributed by atoms with Crippen LogP contribution >= 0.6 is 0 Å². The lowest BCUT2D eigenvalue weighted by atomic mass is 9.95. The van der Waals surface area contributed by atoms with Crippen molar-refractivity contribution in [1.29, 1.82) is 0 Å². The van der Waals surface area contributed by atoms with Crippen LogP contribution in [0.15, 0.2) is 42.5 Å². The van der Waals surface area contributed by atoms with Crippen molar-refractivity contribution in [3.63, 3.8) is 0 Å². The second-order valence-electron chi connectivity index (χ2n) is 5.46. The van der Waals surface area contributed by atoms with E-state index in [-0.39, 0.29) is 16.9 Å². The quantitative estimate of drug-likeness (QED) is 0.575. The molecule has 2 aromatic carbocycles. The summed E-state index contributed by atoms with van der Waals surface area (Å²) in [6, 6.07) is 7.72. The number of aliphatic hydroxyl groups is 1. The molecule has 0 aromatic heterocycles. The van der Waals surface area contributed by atoms with Gasteiger partial charge in [0, 0.05) is 17.2 Å². The monoisotopic (exact) mass is 335 g/mol. The number of ketones is 1. The summed E-state index contributed by atoms with van der Waals surface area (Å²) in [5.41, 5.74) is -1.98. The standard InChI is InChI=1S/C17H15F2NO4/c1-17(24,13-7-4-11(18)8-14(13)19)9-20-16(23)15(22)10-2-5-12(21)6-3-10/h2-8,21,24H,9H2,1H3,(H,20,23)/t17-/m1/s1. The Hall–Kier alpha value is -2.80. The van der Waals surface area contributed by atoms with Gasteiger partial charge in [0.1, 0.15) is 23.0 Å². The number of carbonyl (C=O) groups excluding carboxylic acids is 2. The van der Waals surface area contributed by atoms with E-state index in [0.29, 0.717) is 6.07 Å². The predicted octanol–water partition coefficient (Wildman–Crippen LogP) is 1.88. The summed E-state index contributed by atoms with van der Waals surface area (Å²) in [4.78, 5) is 23.8. The van der Waals surface area contributed by atoms with Crippen molar-refractivity contribution in [2.45, 2.75) is 12.5 Å². The topological polar surface area (TPSA) is 86.6 Å². The average Bonchev–Trinajstić information content (AvgIpc) is 2.52. The van der Waals surface area contributed by atoms with Gasteiger partial charge in [-0.1, -0.05) is 6.07 Å². The highest BCUT2D eigenvalue weighted by Crippen LogP contribution is 2.23. The van der Waals surface area contributed by atoms with Gasteiger partial charge in [-0.25, -0.2) is 8.78 Å². The molecule has 0 spiro atoms. The number of rotatable bonds is 5. The molecule has 0 heterocycles. The van der Waals surface area contributed by atoms with Gasteiger partial charge in [-0.3, -0.25) is 9.59 Å². The maximum atomic E-state index is 13.7.